The minimum Gasteiger partial charge on any atom is -0.793 e. The molecule has 0 aromatic carbocycles. The molecule has 30 heavy (non-hydrogen) atoms. The second-order valence-corrected chi connectivity index (χ2v) is 14.6. The summed E-state index contributed by atoms with van der Waals surface area (Å²) in [5, 5.41) is 0. The van der Waals surface area contributed by atoms with Gasteiger partial charge in [0.25, 0.3) is 0 Å². The molecule has 0 aliphatic rings. The average molecular weight is 562 g/mol. The summed E-state index contributed by atoms with van der Waals surface area (Å²) in [7, 11) is 0. The maximum Gasteiger partial charge on any atom is 0.0513 e. The second kappa shape index (κ2) is 26.9. The molecular weight excluding hydrogens is 511 g/mol. The molecule has 2 nitrogen and oxygen atoms in total. The number of rotatable bonds is 24. The summed E-state index contributed by atoms with van der Waals surface area (Å²) < 4.78 is 5.53. The third-order valence-electron chi connectivity index (χ3n) is 5.49. The molecule has 0 aromatic rings. The molecule has 0 fully saturated rings. The van der Waals surface area contributed by atoms with Crippen molar-refractivity contribution in [3.05, 3.63) is 0 Å². The van der Waals surface area contributed by atoms with Crippen LogP contribution < -0.4 is 4.89 Å². The monoisotopic (exact) mass is 563 g/mol. The van der Waals surface area contributed by atoms with Crippen molar-refractivity contribution in [1.82, 2.24) is 0 Å². The average Bonchev–Trinajstić information content (AvgIpc) is 2.70. The Morgan fingerprint density at radius 1 is 0.600 bits per heavy atom. The van der Waals surface area contributed by atoms with E-state index < -0.39 is 5.69 Å². The molecule has 0 heterocycles. The zero-order valence-corrected chi connectivity index (χ0v) is 24.6. The standard InChI is InChI=1S/C24H51O2PS2.Mo/c1-3-5-7-9-11-13-15-17-19-21-23-26-27(25,28)29-24-22-20-18-16-14-12-10-8-6-4-2;/h3-24H2,1-2H3,(H,25,28);/p-1. The van der Waals surface area contributed by atoms with E-state index in [9.17, 15) is 4.89 Å². The van der Waals surface area contributed by atoms with Gasteiger partial charge in [0.1, 0.15) is 0 Å². The van der Waals surface area contributed by atoms with Gasteiger partial charge >= 0.3 is 0 Å². The van der Waals surface area contributed by atoms with Crippen LogP contribution >= 0.6 is 17.1 Å². The van der Waals surface area contributed by atoms with E-state index in [2.05, 4.69) is 13.8 Å². The molecule has 0 aliphatic carbocycles. The molecule has 0 radical (unpaired) electrons. The zero-order valence-electron chi connectivity index (χ0n) is 20.0. The Balaban J connectivity index is 0. The van der Waals surface area contributed by atoms with Gasteiger partial charge in [0.15, 0.2) is 0 Å². The van der Waals surface area contributed by atoms with E-state index in [-0.39, 0.29) is 21.1 Å². The molecule has 0 aromatic heterocycles. The zero-order chi connectivity index (χ0) is 21.5. The van der Waals surface area contributed by atoms with Crippen LogP contribution in [0.1, 0.15) is 142 Å². The van der Waals surface area contributed by atoms with Gasteiger partial charge in [-0.15, -0.1) is 11.4 Å². The summed E-state index contributed by atoms with van der Waals surface area (Å²) >= 11 is 6.57. The fraction of sp³-hybridized carbons (Fsp3) is 1.00. The predicted octanol–water partition coefficient (Wildman–Crippen LogP) is 9.16. The molecule has 0 bridgehead atoms. The molecular formula is C24H50MoO2PS2-. The SMILES string of the molecule is CCCCCCCCCCCCOP([O-])(=S)SCCCCCCCCCCCC.[Mo]. The molecule has 0 saturated heterocycles. The maximum atomic E-state index is 12.3. The Hall–Kier alpha value is 1.61. The van der Waals surface area contributed by atoms with Crippen molar-refractivity contribution in [1.29, 1.82) is 0 Å². The molecule has 6 heteroatoms. The fourth-order valence-electron chi connectivity index (χ4n) is 3.57. The first kappa shape index (κ1) is 33.8. The molecule has 0 amide bonds. The van der Waals surface area contributed by atoms with Crippen molar-refractivity contribution in [2.75, 3.05) is 12.4 Å². The summed E-state index contributed by atoms with van der Waals surface area (Å²) in [6.07, 6.45) is 26.3. The van der Waals surface area contributed by atoms with E-state index in [1.807, 2.05) is 0 Å². The number of hydrogen-bond donors (Lipinski definition) is 0. The normalized spacial score (nSPS) is 13.2. The van der Waals surface area contributed by atoms with Crippen molar-refractivity contribution < 1.29 is 30.5 Å². The van der Waals surface area contributed by atoms with E-state index in [0.717, 1.165) is 18.6 Å². The Morgan fingerprint density at radius 2 is 0.933 bits per heavy atom. The van der Waals surface area contributed by atoms with E-state index in [4.69, 9.17) is 16.3 Å². The van der Waals surface area contributed by atoms with Gasteiger partial charge in [-0.1, -0.05) is 141 Å². The van der Waals surface area contributed by atoms with E-state index in [1.165, 1.54) is 127 Å². The van der Waals surface area contributed by atoms with E-state index in [0.29, 0.717) is 6.61 Å². The van der Waals surface area contributed by atoms with Gasteiger partial charge in [0.2, 0.25) is 0 Å². The van der Waals surface area contributed by atoms with Crippen molar-refractivity contribution >= 4 is 28.9 Å². The minimum absolute atomic E-state index is 0. The van der Waals surface area contributed by atoms with Crippen LogP contribution in [0.25, 0.3) is 0 Å². The molecule has 1 atom stereocenters. The third-order valence-corrected chi connectivity index (χ3v) is 9.86. The van der Waals surface area contributed by atoms with Crippen LogP contribution in [0.2, 0.25) is 0 Å². The van der Waals surface area contributed by atoms with E-state index in [1.54, 1.807) is 0 Å². The van der Waals surface area contributed by atoms with Crippen LogP contribution in [0.5, 0.6) is 0 Å². The molecule has 182 valence electrons. The van der Waals surface area contributed by atoms with Gasteiger partial charge in [-0.05, 0) is 18.6 Å². The number of hydrogen-bond acceptors (Lipinski definition) is 4. The first-order chi connectivity index (χ1) is 14.1. The quantitative estimate of drug-likeness (QED) is 0.0668. The summed E-state index contributed by atoms with van der Waals surface area (Å²) in [5.74, 6) is 0.884. The van der Waals surface area contributed by atoms with Gasteiger partial charge in [0, 0.05) is 26.8 Å². The van der Waals surface area contributed by atoms with Crippen molar-refractivity contribution in [3.63, 3.8) is 0 Å². The first-order valence-corrected chi connectivity index (χ1v) is 17.0. The van der Waals surface area contributed by atoms with Crippen LogP contribution in [-0.2, 0) is 37.4 Å². The van der Waals surface area contributed by atoms with Gasteiger partial charge < -0.3 is 9.42 Å². The predicted molar refractivity (Wildman–Crippen MR) is 136 cm³/mol. The first-order valence-electron chi connectivity index (χ1n) is 12.7. The van der Waals surface area contributed by atoms with Crippen molar-refractivity contribution in [2.24, 2.45) is 0 Å². The van der Waals surface area contributed by atoms with E-state index >= 15 is 0 Å². The number of unbranched alkanes of at least 4 members (excludes halogenated alkanes) is 18. The maximum absolute atomic E-state index is 12.3. The molecule has 0 spiro atoms. The van der Waals surface area contributed by atoms with Gasteiger partial charge in [-0.2, -0.15) is 0 Å². The molecule has 0 saturated carbocycles. The summed E-state index contributed by atoms with van der Waals surface area (Å²) in [6.45, 7) is 5.10. The van der Waals surface area contributed by atoms with Crippen LogP contribution in [-0.4, -0.2) is 12.4 Å². The van der Waals surface area contributed by atoms with Gasteiger partial charge in [0.05, 0.1) is 6.61 Å². The summed E-state index contributed by atoms with van der Waals surface area (Å²) in [5.41, 5.74) is -2.85. The smallest absolute Gasteiger partial charge is 0.0513 e. The Morgan fingerprint density at radius 3 is 1.33 bits per heavy atom. The molecule has 0 N–H and O–H groups in total. The van der Waals surface area contributed by atoms with Gasteiger partial charge in [-0.25, -0.2) is 0 Å². The molecule has 0 aliphatic heterocycles. The Labute approximate surface area is 213 Å². The summed E-state index contributed by atoms with van der Waals surface area (Å²) in [4.78, 5) is 12.3. The van der Waals surface area contributed by atoms with Crippen molar-refractivity contribution in [3.8, 4) is 0 Å². The Kier molecular flexibility index (Phi) is 30.2. The molecule has 1 unspecified atom stereocenters. The van der Waals surface area contributed by atoms with Crippen LogP contribution in [0, 0.1) is 0 Å². The largest absolute Gasteiger partial charge is 0.793 e. The third kappa shape index (κ3) is 27.6. The van der Waals surface area contributed by atoms with Crippen LogP contribution in [0.15, 0.2) is 0 Å². The summed E-state index contributed by atoms with van der Waals surface area (Å²) in [6, 6.07) is 0. The second-order valence-electron chi connectivity index (χ2n) is 8.48. The van der Waals surface area contributed by atoms with Crippen molar-refractivity contribution in [2.45, 2.75) is 142 Å². The Bertz CT molecular complexity index is 343. The minimum atomic E-state index is -2.85. The fourth-order valence-corrected chi connectivity index (χ4v) is 6.95. The molecule has 0 rings (SSSR count). The van der Waals surface area contributed by atoms with Crippen LogP contribution in [0.3, 0.4) is 0 Å². The topological polar surface area (TPSA) is 32.3 Å². The van der Waals surface area contributed by atoms with Crippen LogP contribution in [0.4, 0.5) is 0 Å². The van der Waals surface area contributed by atoms with Gasteiger partial charge in [-0.3, -0.25) is 0 Å².